The van der Waals surface area contributed by atoms with Crippen LogP contribution in [0.4, 0.5) is 8.78 Å². The van der Waals surface area contributed by atoms with E-state index in [0.29, 0.717) is 12.0 Å². The SMILES string of the molecule is Fc1ccc(CC(Cl)c2csc3ccccc23)cc1F. The van der Waals surface area contributed by atoms with Gasteiger partial charge in [0.1, 0.15) is 0 Å². The van der Waals surface area contributed by atoms with Gasteiger partial charge in [-0.25, -0.2) is 8.78 Å². The molecule has 1 unspecified atom stereocenters. The third-order valence-electron chi connectivity index (χ3n) is 3.25. The number of rotatable bonds is 3. The molecule has 0 nitrogen and oxygen atoms in total. The van der Waals surface area contributed by atoms with Crippen molar-refractivity contribution < 1.29 is 8.78 Å². The van der Waals surface area contributed by atoms with Crippen LogP contribution in [0.15, 0.2) is 47.8 Å². The largest absolute Gasteiger partial charge is 0.204 e. The topological polar surface area (TPSA) is 0 Å². The highest BCUT2D eigenvalue weighted by molar-refractivity contribution is 7.17. The van der Waals surface area contributed by atoms with Gasteiger partial charge in [-0.05, 0) is 46.5 Å². The van der Waals surface area contributed by atoms with Crippen LogP contribution in [0.1, 0.15) is 16.5 Å². The lowest BCUT2D eigenvalue weighted by molar-refractivity contribution is 0.507. The highest BCUT2D eigenvalue weighted by Gasteiger charge is 2.14. The Morgan fingerprint density at radius 1 is 1.05 bits per heavy atom. The summed E-state index contributed by atoms with van der Waals surface area (Å²) in [6, 6.07) is 12.0. The molecule has 0 fully saturated rings. The summed E-state index contributed by atoms with van der Waals surface area (Å²) in [7, 11) is 0. The molecule has 0 saturated carbocycles. The van der Waals surface area contributed by atoms with Crippen molar-refractivity contribution in [3.05, 3.63) is 70.6 Å². The number of hydrogen-bond donors (Lipinski definition) is 0. The zero-order valence-corrected chi connectivity index (χ0v) is 12.0. The maximum Gasteiger partial charge on any atom is 0.159 e. The summed E-state index contributed by atoms with van der Waals surface area (Å²) in [5.41, 5.74) is 1.73. The molecule has 1 aromatic heterocycles. The Balaban J connectivity index is 1.89. The van der Waals surface area contributed by atoms with Gasteiger partial charge in [0.15, 0.2) is 11.6 Å². The number of hydrogen-bond acceptors (Lipinski definition) is 1. The first kappa shape index (κ1) is 13.5. The van der Waals surface area contributed by atoms with E-state index in [4.69, 9.17) is 11.6 Å². The van der Waals surface area contributed by atoms with Crippen molar-refractivity contribution in [1.29, 1.82) is 0 Å². The molecule has 0 aliphatic carbocycles. The Morgan fingerprint density at radius 2 is 1.85 bits per heavy atom. The second kappa shape index (κ2) is 5.51. The molecule has 0 saturated heterocycles. The van der Waals surface area contributed by atoms with Crippen molar-refractivity contribution >= 4 is 33.0 Å². The number of fused-ring (bicyclic) bond motifs is 1. The number of benzene rings is 2. The molecule has 2 aromatic carbocycles. The molecule has 0 aliphatic heterocycles. The van der Waals surface area contributed by atoms with Crippen LogP contribution >= 0.6 is 22.9 Å². The lowest BCUT2D eigenvalue weighted by Crippen LogP contribution is -1.96. The fourth-order valence-electron chi connectivity index (χ4n) is 2.22. The van der Waals surface area contributed by atoms with Crippen molar-refractivity contribution in [2.24, 2.45) is 0 Å². The molecule has 0 N–H and O–H groups in total. The first-order valence-corrected chi connectivity index (χ1v) is 7.51. The van der Waals surface area contributed by atoms with Gasteiger partial charge < -0.3 is 0 Å². The molecular formula is C16H11ClF2S. The van der Waals surface area contributed by atoms with Crippen LogP contribution < -0.4 is 0 Å². The predicted molar refractivity (Wildman–Crippen MR) is 80.5 cm³/mol. The normalized spacial score (nSPS) is 12.8. The second-order valence-corrected chi connectivity index (χ2v) is 6.05. The van der Waals surface area contributed by atoms with Crippen LogP contribution in [-0.4, -0.2) is 0 Å². The fourth-order valence-corrected chi connectivity index (χ4v) is 3.67. The van der Waals surface area contributed by atoms with Gasteiger partial charge in [-0.2, -0.15) is 0 Å². The van der Waals surface area contributed by atoms with Gasteiger partial charge in [0.25, 0.3) is 0 Å². The lowest BCUT2D eigenvalue weighted by Gasteiger charge is -2.09. The minimum Gasteiger partial charge on any atom is -0.204 e. The van der Waals surface area contributed by atoms with Crippen molar-refractivity contribution in [2.45, 2.75) is 11.8 Å². The molecule has 4 heteroatoms. The van der Waals surface area contributed by atoms with E-state index in [0.717, 1.165) is 17.0 Å². The van der Waals surface area contributed by atoms with E-state index < -0.39 is 11.6 Å². The van der Waals surface area contributed by atoms with Crippen LogP contribution in [0, 0.1) is 11.6 Å². The fraction of sp³-hybridized carbons (Fsp3) is 0.125. The van der Waals surface area contributed by atoms with Gasteiger partial charge in [0, 0.05) is 4.70 Å². The zero-order valence-electron chi connectivity index (χ0n) is 10.4. The second-order valence-electron chi connectivity index (χ2n) is 4.61. The van der Waals surface area contributed by atoms with E-state index in [2.05, 4.69) is 0 Å². The summed E-state index contributed by atoms with van der Waals surface area (Å²) in [5.74, 6) is -1.66. The minimum absolute atomic E-state index is 0.254. The molecule has 0 amide bonds. The van der Waals surface area contributed by atoms with Gasteiger partial charge in [-0.1, -0.05) is 24.3 Å². The highest BCUT2D eigenvalue weighted by atomic mass is 35.5. The van der Waals surface area contributed by atoms with Crippen LogP contribution in [0.2, 0.25) is 0 Å². The van der Waals surface area contributed by atoms with E-state index in [-0.39, 0.29) is 5.38 Å². The monoisotopic (exact) mass is 308 g/mol. The van der Waals surface area contributed by atoms with Gasteiger partial charge in [0.05, 0.1) is 5.38 Å². The molecule has 3 rings (SSSR count). The molecule has 3 aromatic rings. The van der Waals surface area contributed by atoms with Gasteiger partial charge >= 0.3 is 0 Å². The van der Waals surface area contributed by atoms with Crippen molar-refractivity contribution in [1.82, 2.24) is 0 Å². The van der Waals surface area contributed by atoms with Crippen LogP contribution in [0.3, 0.4) is 0 Å². The molecule has 1 atom stereocenters. The quantitative estimate of drug-likeness (QED) is 0.544. The molecule has 0 spiro atoms. The number of thiophene rings is 1. The maximum atomic E-state index is 13.2. The molecule has 0 radical (unpaired) electrons. The van der Waals surface area contributed by atoms with Crippen molar-refractivity contribution in [3.63, 3.8) is 0 Å². The molecule has 0 aliphatic rings. The van der Waals surface area contributed by atoms with E-state index in [9.17, 15) is 8.78 Å². The first-order valence-electron chi connectivity index (χ1n) is 6.19. The van der Waals surface area contributed by atoms with Gasteiger partial charge in [-0.15, -0.1) is 22.9 Å². The Labute approximate surface area is 124 Å². The lowest BCUT2D eigenvalue weighted by atomic mass is 10.0. The Kier molecular flexibility index (Phi) is 3.72. The third-order valence-corrected chi connectivity index (χ3v) is 4.62. The van der Waals surface area contributed by atoms with E-state index in [1.807, 2.05) is 29.6 Å². The van der Waals surface area contributed by atoms with E-state index >= 15 is 0 Å². The number of alkyl halides is 1. The minimum atomic E-state index is -0.833. The van der Waals surface area contributed by atoms with Gasteiger partial charge in [0.2, 0.25) is 0 Å². The van der Waals surface area contributed by atoms with E-state index in [1.54, 1.807) is 17.4 Å². The summed E-state index contributed by atoms with van der Waals surface area (Å²) in [5, 5.41) is 2.90. The summed E-state index contributed by atoms with van der Waals surface area (Å²) in [4.78, 5) is 0. The summed E-state index contributed by atoms with van der Waals surface area (Å²) >= 11 is 8.08. The molecule has 102 valence electrons. The van der Waals surface area contributed by atoms with Crippen LogP contribution in [-0.2, 0) is 6.42 Å². The smallest absolute Gasteiger partial charge is 0.159 e. The van der Waals surface area contributed by atoms with Crippen LogP contribution in [0.5, 0.6) is 0 Å². The van der Waals surface area contributed by atoms with E-state index in [1.165, 1.54) is 10.8 Å². The average Bonchev–Trinajstić information content (AvgIpc) is 2.87. The third kappa shape index (κ3) is 2.56. The number of halogens is 3. The molecule has 20 heavy (non-hydrogen) atoms. The summed E-state index contributed by atoms with van der Waals surface area (Å²) < 4.78 is 27.3. The first-order chi connectivity index (χ1) is 9.65. The Hall–Kier alpha value is -1.45. The van der Waals surface area contributed by atoms with Gasteiger partial charge in [-0.3, -0.25) is 0 Å². The molecular weight excluding hydrogens is 298 g/mol. The molecule has 1 heterocycles. The predicted octanol–water partition coefficient (Wildman–Crippen LogP) is 5.70. The molecule has 0 bridgehead atoms. The summed E-state index contributed by atoms with van der Waals surface area (Å²) in [6.07, 6.45) is 0.472. The summed E-state index contributed by atoms with van der Waals surface area (Å²) in [6.45, 7) is 0. The maximum absolute atomic E-state index is 13.2. The standard InChI is InChI=1S/C16H11ClF2S/c17-13(7-10-5-6-14(18)15(19)8-10)12-9-20-16-4-2-1-3-11(12)16/h1-6,8-9,13H,7H2. The average molecular weight is 309 g/mol. The zero-order chi connectivity index (χ0) is 14.1. The van der Waals surface area contributed by atoms with Crippen LogP contribution in [0.25, 0.3) is 10.1 Å². The Morgan fingerprint density at radius 3 is 2.65 bits per heavy atom. The highest BCUT2D eigenvalue weighted by Crippen LogP contribution is 2.35. The Bertz CT molecular complexity index is 751. The van der Waals surface area contributed by atoms with Crippen molar-refractivity contribution in [2.75, 3.05) is 0 Å². The van der Waals surface area contributed by atoms with Crippen molar-refractivity contribution in [3.8, 4) is 0 Å².